The van der Waals surface area contributed by atoms with Crippen LogP contribution in [-0.2, 0) is 0 Å². The Hall–Kier alpha value is -2.36. The first-order chi connectivity index (χ1) is 7.61. The fourth-order valence-electron chi connectivity index (χ4n) is 0.952. The summed E-state index contributed by atoms with van der Waals surface area (Å²) in [6.45, 7) is 0. The molecule has 5 N–H and O–H groups in total. The molecule has 2 aromatic carbocycles. The minimum absolute atomic E-state index is 0.0764. The van der Waals surface area contributed by atoms with E-state index >= 15 is 0 Å². The Morgan fingerprint density at radius 3 is 1.25 bits per heavy atom. The highest BCUT2D eigenvalue weighted by atomic mass is 16.3. The number of nitrogen functional groups attached to an aromatic ring is 1. The fraction of sp³-hybridized carbons (Fsp3) is 0. The van der Waals surface area contributed by atoms with Gasteiger partial charge in [-0.2, -0.15) is 0 Å². The van der Waals surface area contributed by atoms with E-state index in [2.05, 4.69) is 0 Å². The van der Waals surface area contributed by atoms with E-state index in [0.29, 0.717) is 5.69 Å². The van der Waals surface area contributed by atoms with Crippen LogP contribution in [0.2, 0.25) is 0 Å². The first kappa shape index (κ1) is 11.7. The van der Waals surface area contributed by atoms with Gasteiger partial charge in [0.1, 0.15) is 5.75 Å². The van der Waals surface area contributed by atoms with Crippen LogP contribution < -0.4 is 5.73 Å². The summed E-state index contributed by atoms with van der Waals surface area (Å²) in [7, 11) is 0. The summed E-state index contributed by atoms with van der Waals surface area (Å²) in [6, 6.07) is 12.8. The number of anilines is 1. The first-order valence-corrected chi connectivity index (χ1v) is 4.61. The highest BCUT2D eigenvalue weighted by Crippen LogP contribution is 2.21. The molecule has 84 valence electrons. The Bertz CT molecular complexity index is 372. The summed E-state index contributed by atoms with van der Waals surface area (Å²) in [5.74, 6) is -0.00694. The van der Waals surface area contributed by atoms with Crippen LogP contribution in [0.4, 0.5) is 5.69 Å². The second kappa shape index (κ2) is 5.50. The molecule has 0 aromatic heterocycles. The van der Waals surface area contributed by atoms with Gasteiger partial charge < -0.3 is 21.1 Å². The number of hydrogen-bond donors (Lipinski definition) is 4. The van der Waals surface area contributed by atoms with E-state index in [1.54, 1.807) is 36.4 Å². The van der Waals surface area contributed by atoms with Gasteiger partial charge in [0.25, 0.3) is 0 Å². The Balaban J connectivity index is 0.000000160. The lowest BCUT2D eigenvalue weighted by atomic mass is 10.3. The number of hydrogen-bond acceptors (Lipinski definition) is 4. The molecule has 0 fully saturated rings. The van der Waals surface area contributed by atoms with Crippen LogP contribution in [0, 0.1) is 0 Å². The number of phenolic OH excluding ortho intramolecular Hbond substituents is 3. The van der Waals surface area contributed by atoms with E-state index in [1.165, 1.54) is 12.1 Å². The number of rotatable bonds is 0. The van der Waals surface area contributed by atoms with Crippen molar-refractivity contribution in [3.8, 4) is 17.2 Å². The molecule has 4 nitrogen and oxygen atoms in total. The zero-order valence-corrected chi connectivity index (χ0v) is 8.54. The van der Waals surface area contributed by atoms with Gasteiger partial charge in [-0.15, -0.1) is 0 Å². The van der Waals surface area contributed by atoms with E-state index in [0.717, 1.165) is 0 Å². The van der Waals surface area contributed by atoms with Gasteiger partial charge in [-0.25, -0.2) is 0 Å². The highest BCUT2D eigenvalue weighted by Gasteiger charge is 1.90. The van der Waals surface area contributed by atoms with Gasteiger partial charge in [-0.3, -0.25) is 0 Å². The quantitative estimate of drug-likeness (QED) is 0.403. The standard InChI is InChI=1S/C6H7NO.C6H6O2/c2*7-5-3-1-2-4-6(5)8/h1-4,8H,7H2;1-4,7-8H. The summed E-state index contributed by atoms with van der Waals surface area (Å²) >= 11 is 0. The van der Waals surface area contributed by atoms with Crippen LogP contribution in [0.15, 0.2) is 48.5 Å². The molecule has 0 saturated heterocycles. The monoisotopic (exact) mass is 219 g/mol. The highest BCUT2D eigenvalue weighted by molar-refractivity contribution is 5.50. The number of nitrogens with two attached hydrogens (primary N) is 1. The van der Waals surface area contributed by atoms with Gasteiger partial charge in [-0.1, -0.05) is 24.3 Å². The van der Waals surface area contributed by atoms with Crippen LogP contribution >= 0.6 is 0 Å². The summed E-state index contributed by atoms with van der Waals surface area (Å²) in [4.78, 5) is 0. The Kier molecular flexibility index (Phi) is 4.03. The number of aromatic hydroxyl groups is 3. The van der Waals surface area contributed by atoms with Crippen LogP contribution in [-0.4, -0.2) is 15.3 Å². The topological polar surface area (TPSA) is 86.7 Å². The average molecular weight is 219 g/mol. The largest absolute Gasteiger partial charge is 0.506 e. The molecule has 0 bridgehead atoms. The molecule has 0 unspecified atom stereocenters. The molecule has 16 heavy (non-hydrogen) atoms. The van der Waals surface area contributed by atoms with Crippen LogP contribution in [0.5, 0.6) is 17.2 Å². The van der Waals surface area contributed by atoms with Gasteiger partial charge in [-0.05, 0) is 24.3 Å². The van der Waals surface area contributed by atoms with E-state index < -0.39 is 0 Å². The van der Waals surface area contributed by atoms with Crippen molar-refractivity contribution in [1.82, 2.24) is 0 Å². The molecule has 0 saturated carbocycles. The van der Waals surface area contributed by atoms with Crippen molar-refractivity contribution >= 4 is 5.69 Å². The minimum Gasteiger partial charge on any atom is -0.506 e. The second-order valence-electron chi connectivity index (χ2n) is 3.05. The minimum atomic E-state index is -0.0764. The van der Waals surface area contributed by atoms with Gasteiger partial charge in [0.2, 0.25) is 0 Å². The molecule has 0 aliphatic heterocycles. The third-order valence-electron chi connectivity index (χ3n) is 1.82. The molecule has 0 atom stereocenters. The Morgan fingerprint density at radius 1 is 0.625 bits per heavy atom. The molecule has 2 aromatic rings. The van der Waals surface area contributed by atoms with E-state index in [9.17, 15) is 0 Å². The maximum absolute atomic E-state index is 8.79. The maximum Gasteiger partial charge on any atom is 0.157 e. The predicted molar refractivity (Wildman–Crippen MR) is 62.3 cm³/mol. The second-order valence-corrected chi connectivity index (χ2v) is 3.05. The van der Waals surface area contributed by atoms with E-state index in [4.69, 9.17) is 21.1 Å². The predicted octanol–water partition coefficient (Wildman–Crippen LogP) is 2.07. The van der Waals surface area contributed by atoms with Gasteiger partial charge in [0, 0.05) is 0 Å². The van der Waals surface area contributed by atoms with Crippen molar-refractivity contribution in [2.45, 2.75) is 0 Å². The molecular formula is C12H13NO3. The van der Waals surface area contributed by atoms with Gasteiger partial charge in [0.05, 0.1) is 5.69 Å². The summed E-state index contributed by atoms with van der Waals surface area (Å²) in [6.07, 6.45) is 0. The molecule has 0 aliphatic carbocycles. The van der Waals surface area contributed by atoms with Crippen LogP contribution in [0.25, 0.3) is 0 Å². The smallest absolute Gasteiger partial charge is 0.157 e. The number of phenols is 3. The van der Waals surface area contributed by atoms with Crippen molar-refractivity contribution in [2.75, 3.05) is 5.73 Å². The normalized spacial score (nSPS) is 9.00. The van der Waals surface area contributed by atoms with Crippen molar-refractivity contribution in [3.05, 3.63) is 48.5 Å². The average Bonchev–Trinajstić information content (AvgIpc) is 2.28. The number of para-hydroxylation sites is 4. The molecule has 0 amide bonds. The Labute approximate surface area is 93.2 Å². The molecule has 4 heteroatoms. The lowest BCUT2D eigenvalue weighted by Gasteiger charge is -1.92. The lowest BCUT2D eigenvalue weighted by Crippen LogP contribution is -1.82. The van der Waals surface area contributed by atoms with E-state index in [-0.39, 0.29) is 17.2 Å². The van der Waals surface area contributed by atoms with E-state index in [1.807, 2.05) is 0 Å². The zero-order valence-electron chi connectivity index (χ0n) is 8.54. The first-order valence-electron chi connectivity index (χ1n) is 4.61. The van der Waals surface area contributed by atoms with Crippen LogP contribution in [0.1, 0.15) is 0 Å². The van der Waals surface area contributed by atoms with Crippen LogP contribution in [0.3, 0.4) is 0 Å². The third-order valence-corrected chi connectivity index (χ3v) is 1.82. The molecule has 0 aliphatic rings. The van der Waals surface area contributed by atoms with Crippen molar-refractivity contribution in [3.63, 3.8) is 0 Å². The SMILES string of the molecule is Nc1ccccc1O.Oc1ccccc1O. The molecule has 0 heterocycles. The summed E-state index contributed by atoms with van der Waals surface area (Å²) < 4.78 is 0. The lowest BCUT2D eigenvalue weighted by molar-refractivity contribution is 0.404. The summed E-state index contributed by atoms with van der Waals surface area (Å²) in [5.41, 5.74) is 5.69. The number of benzene rings is 2. The maximum atomic E-state index is 8.79. The molecule has 0 spiro atoms. The molecule has 0 radical (unpaired) electrons. The fourth-order valence-corrected chi connectivity index (χ4v) is 0.952. The van der Waals surface area contributed by atoms with Gasteiger partial charge >= 0.3 is 0 Å². The molecule has 2 rings (SSSR count). The zero-order chi connectivity index (χ0) is 12.0. The third kappa shape index (κ3) is 3.42. The van der Waals surface area contributed by atoms with Crippen molar-refractivity contribution in [1.29, 1.82) is 0 Å². The van der Waals surface area contributed by atoms with Crippen molar-refractivity contribution in [2.24, 2.45) is 0 Å². The van der Waals surface area contributed by atoms with Crippen molar-refractivity contribution < 1.29 is 15.3 Å². The molecular weight excluding hydrogens is 206 g/mol. The Morgan fingerprint density at radius 2 is 1.00 bits per heavy atom. The van der Waals surface area contributed by atoms with Gasteiger partial charge in [0.15, 0.2) is 11.5 Å². The summed E-state index contributed by atoms with van der Waals surface area (Å²) in [5, 5.41) is 26.1.